The van der Waals surface area contributed by atoms with Crippen LogP contribution in [0, 0.1) is 5.82 Å². The molecule has 0 saturated heterocycles. The van der Waals surface area contributed by atoms with Crippen LogP contribution in [-0.2, 0) is 22.5 Å². The molecule has 5 heteroatoms. The van der Waals surface area contributed by atoms with Gasteiger partial charge in [0.05, 0.1) is 7.11 Å². The Balaban J connectivity index is 2.12. The standard InChI is InChI=1S/C16H18FNO2S/c1-16(15(19)20-2,18-11-14-4-3-9-21-14)10-12-5-7-13(17)8-6-12/h3-9,18H,10-11H2,1-2H3. The summed E-state index contributed by atoms with van der Waals surface area (Å²) in [7, 11) is 1.37. The summed E-state index contributed by atoms with van der Waals surface area (Å²) in [5, 5.41) is 5.25. The van der Waals surface area contributed by atoms with Crippen LogP contribution in [0.3, 0.4) is 0 Å². The van der Waals surface area contributed by atoms with E-state index in [2.05, 4.69) is 5.32 Å². The average Bonchev–Trinajstić information content (AvgIpc) is 3.00. The summed E-state index contributed by atoms with van der Waals surface area (Å²) in [5.74, 6) is -0.617. The molecule has 0 bridgehead atoms. The van der Waals surface area contributed by atoms with E-state index >= 15 is 0 Å². The number of esters is 1. The number of thiophene rings is 1. The summed E-state index contributed by atoms with van der Waals surface area (Å²) in [5.41, 5.74) is 0.0271. The van der Waals surface area contributed by atoms with E-state index in [1.54, 1.807) is 30.4 Å². The number of methoxy groups -OCH3 is 1. The Morgan fingerprint density at radius 2 is 2.05 bits per heavy atom. The fourth-order valence-corrected chi connectivity index (χ4v) is 2.78. The third-order valence-corrected chi connectivity index (χ3v) is 4.22. The van der Waals surface area contributed by atoms with E-state index in [4.69, 9.17) is 4.74 Å². The number of hydrogen-bond donors (Lipinski definition) is 1. The minimum Gasteiger partial charge on any atom is -0.468 e. The Kier molecular flexibility index (Phi) is 5.09. The third kappa shape index (κ3) is 4.12. The number of halogens is 1. The third-order valence-electron chi connectivity index (χ3n) is 3.34. The van der Waals surface area contributed by atoms with Crippen molar-refractivity contribution >= 4 is 17.3 Å². The molecule has 1 aromatic heterocycles. The molecule has 0 saturated carbocycles. The molecule has 0 radical (unpaired) electrons. The van der Waals surface area contributed by atoms with E-state index in [1.807, 2.05) is 17.5 Å². The highest BCUT2D eigenvalue weighted by molar-refractivity contribution is 7.09. The van der Waals surface area contributed by atoms with E-state index in [0.29, 0.717) is 13.0 Å². The maximum Gasteiger partial charge on any atom is 0.326 e. The van der Waals surface area contributed by atoms with Gasteiger partial charge in [0.25, 0.3) is 0 Å². The summed E-state index contributed by atoms with van der Waals surface area (Å²) >= 11 is 1.63. The summed E-state index contributed by atoms with van der Waals surface area (Å²) < 4.78 is 17.9. The van der Waals surface area contributed by atoms with Gasteiger partial charge in [-0.05, 0) is 36.1 Å². The van der Waals surface area contributed by atoms with Crippen molar-refractivity contribution in [3.05, 3.63) is 58.0 Å². The second-order valence-electron chi connectivity index (χ2n) is 5.06. The zero-order valence-corrected chi connectivity index (χ0v) is 12.9. The lowest BCUT2D eigenvalue weighted by molar-refractivity contribution is -0.148. The molecule has 0 aliphatic rings. The van der Waals surface area contributed by atoms with Crippen LogP contribution in [0.2, 0.25) is 0 Å². The van der Waals surface area contributed by atoms with Gasteiger partial charge in [0, 0.05) is 17.8 Å². The van der Waals surface area contributed by atoms with Crippen molar-refractivity contribution in [3.63, 3.8) is 0 Å². The average molecular weight is 307 g/mol. The zero-order valence-electron chi connectivity index (χ0n) is 12.1. The van der Waals surface area contributed by atoms with E-state index in [-0.39, 0.29) is 11.8 Å². The molecule has 2 rings (SSSR count). The Labute approximate surface area is 127 Å². The van der Waals surface area contributed by atoms with Gasteiger partial charge in [-0.15, -0.1) is 11.3 Å². The van der Waals surface area contributed by atoms with Crippen molar-refractivity contribution in [2.24, 2.45) is 0 Å². The molecule has 1 heterocycles. The fourth-order valence-electron chi connectivity index (χ4n) is 2.14. The zero-order chi connectivity index (χ0) is 15.3. The topological polar surface area (TPSA) is 38.3 Å². The molecule has 1 aromatic carbocycles. The van der Waals surface area contributed by atoms with Crippen LogP contribution < -0.4 is 5.32 Å². The van der Waals surface area contributed by atoms with Gasteiger partial charge in [-0.3, -0.25) is 10.1 Å². The normalized spacial score (nSPS) is 13.7. The first-order chi connectivity index (χ1) is 10.0. The first-order valence-corrected chi connectivity index (χ1v) is 7.52. The number of ether oxygens (including phenoxy) is 1. The lowest BCUT2D eigenvalue weighted by atomic mass is 9.92. The second-order valence-corrected chi connectivity index (χ2v) is 6.09. The molecule has 0 aliphatic carbocycles. The fraction of sp³-hybridized carbons (Fsp3) is 0.312. The summed E-state index contributed by atoms with van der Waals surface area (Å²) in [6, 6.07) is 10.1. The maximum atomic E-state index is 13.0. The number of rotatable bonds is 6. The largest absolute Gasteiger partial charge is 0.468 e. The molecule has 1 N–H and O–H groups in total. The van der Waals surface area contributed by atoms with Crippen LogP contribution in [0.25, 0.3) is 0 Å². The monoisotopic (exact) mass is 307 g/mol. The SMILES string of the molecule is COC(=O)C(C)(Cc1ccc(F)cc1)NCc1cccs1. The molecule has 1 unspecified atom stereocenters. The van der Waals surface area contributed by atoms with Gasteiger partial charge in [0.15, 0.2) is 0 Å². The lowest BCUT2D eigenvalue weighted by Gasteiger charge is -2.28. The number of carbonyl (C=O) groups is 1. The van der Waals surface area contributed by atoms with Crippen LogP contribution in [0.1, 0.15) is 17.4 Å². The van der Waals surface area contributed by atoms with Gasteiger partial charge in [-0.25, -0.2) is 4.39 Å². The van der Waals surface area contributed by atoms with E-state index in [1.165, 1.54) is 19.2 Å². The molecule has 0 amide bonds. The van der Waals surface area contributed by atoms with Gasteiger partial charge < -0.3 is 4.74 Å². The Bertz CT molecular complexity index is 583. The molecular weight excluding hydrogens is 289 g/mol. The van der Waals surface area contributed by atoms with Crippen molar-refractivity contribution in [3.8, 4) is 0 Å². The summed E-state index contributed by atoms with van der Waals surface area (Å²) in [6.45, 7) is 2.39. The van der Waals surface area contributed by atoms with Gasteiger partial charge in [0.1, 0.15) is 11.4 Å². The van der Waals surface area contributed by atoms with Crippen LogP contribution in [0.15, 0.2) is 41.8 Å². The highest BCUT2D eigenvalue weighted by Crippen LogP contribution is 2.18. The van der Waals surface area contributed by atoms with E-state index in [0.717, 1.165) is 10.4 Å². The summed E-state index contributed by atoms with van der Waals surface area (Å²) in [4.78, 5) is 13.3. The van der Waals surface area contributed by atoms with Crippen molar-refractivity contribution in [2.75, 3.05) is 7.11 Å². The minimum absolute atomic E-state index is 0.287. The number of benzene rings is 1. The van der Waals surface area contributed by atoms with Gasteiger partial charge in [-0.1, -0.05) is 18.2 Å². The highest BCUT2D eigenvalue weighted by Gasteiger charge is 2.34. The first-order valence-electron chi connectivity index (χ1n) is 6.64. The second kappa shape index (κ2) is 6.83. The molecule has 1 atom stereocenters. The van der Waals surface area contributed by atoms with Crippen LogP contribution in [-0.4, -0.2) is 18.6 Å². The molecular formula is C16H18FNO2S. The van der Waals surface area contributed by atoms with Gasteiger partial charge in [-0.2, -0.15) is 0 Å². The molecule has 0 spiro atoms. The molecule has 2 aromatic rings. The van der Waals surface area contributed by atoms with Crippen molar-refractivity contribution in [1.82, 2.24) is 5.32 Å². The first kappa shape index (κ1) is 15.7. The molecule has 21 heavy (non-hydrogen) atoms. The maximum absolute atomic E-state index is 13.0. The van der Waals surface area contributed by atoms with Crippen molar-refractivity contribution in [1.29, 1.82) is 0 Å². The van der Waals surface area contributed by atoms with Crippen LogP contribution in [0.5, 0.6) is 0 Å². The van der Waals surface area contributed by atoms with Gasteiger partial charge in [0.2, 0.25) is 0 Å². The van der Waals surface area contributed by atoms with Crippen LogP contribution in [0.4, 0.5) is 4.39 Å². The van der Waals surface area contributed by atoms with E-state index in [9.17, 15) is 9.18 Å². The molecule has 112 valence electrons. The van der Waals surface area contributed by atoms with Crippen molar-refractivity contribution in [2.45, 2.75) is 25.4 Å². The van der Waals surface area contributed by atoms with Gasteiger partial charge >= 0.3 is 5.97 Å². The molecule has 0 aliphatic heterocycles. The quantitative estimate of drug-likeness (QED) is 0.833. The van der Waals surface area contributed by atoms with Crippen molar-refractivity contribution < 1.29 is 13.9 Å². The highest BCUT2D eigenvalue weighted by atomic mass is 32.1. The number of carbonyl (C=O) groups excluding carboxylic acids is 1. The number of nitrogens with one attached hydrogen (secondary N) is 1. The van der Waals surface area contributed by atoms with Crippen LogP contribution >= 0.6 is 11.3 Å². The molecule has 0 fully saturated rings. The Morgan fingerprint density at radius 1 is 1.33 bits per heavy atom. The Morgan fingerprint density at radius 3 is 2.62 bits per heavy atom. The lowest BCUT2D eigenvalue weighted by Crippen LogP contribution is -2.51. The smallest absolute Gasteiger partial charge is 0.326 e. The molecule has 3 nitrogen and oxygen atoms in total. The summed E-state index contributed by atoms with van der Waals surface area (Å²) in [6.07, 6.45) is 0.436. The number of hydrogen-bond acceptors (Lipinski definition) is 4. The minimum atomic E-state index is -0.851. The predicted molar refractivity (Wildman–Crippen MR) is 81.7 cm³/mol. The predicted octanol–water partition coefficient (Wildman–Crippen LogP) is 3.15. The van der Waals surface area contributed by atoms with E-state index < -0.39 is 5.54 Å². The Hall–Kier alpha value is -1.72.